The molecule has 2 N–H and O–H groups in total. The summed E-state index contributed by atoms with van der Waals surface area (Å²) in [6.07, 6.45) is 3.01. The van der Waals surface area contributed by atoms with Crippen LogP contribution in [0.15, 0.2) is 24.3 Å². The summed E-state index contributed by atoms with van der Waals surface area (Å²) in [7, 11) is 0. The van der Waals surface area contributed by atoms with Gasteiger partial charge in [0.2, 0.25) is 5.91 Å². The first kappa shape index (κ1) is 15.4. The molecule has 2 rings (SSSR count). The fraction of sp³-hybridized carbons (Fsp3) is 0.500. The molecule has 21 heavy (non-hydrogen) atoms. The third-order valence-corrected chi connectivity index (χ3v) is 3.67. The quantitative estimate of drug-likeness (QED) is 0.631. The molecule has 114 valence electrons. The van der Waals surface area contributed by atoms with Crippen LogP contribution < -0.4 is 5.32 Å². The van der Waals surface area contributed by atoms with Crippen molar-refractivity contribution in [2.24, 2.45) is 0 Å². The molecule has 1 aliphatic rings. The molecule has 1 saturated heterocycles. The van der Waals surface area contributed by atoms with Gasteiger partial charge >= 0.3 is 0 Å². The fourth-order valence-corrected chi connectivity index (χ4v) is 2.53. The van der Waals surface area contributed by atoms with Gasteiger partial charge in [0.15, 0.2) is 0 Å². The Kier molecular flexibility index (Phi) is 5.24. The Morgan fingerprint density at radius 3 is 2.71 bits per heavy atom. The predicted octanol–water partition coefficient (Wildman–Crippen LogP) is 1.38. The van der Waals surface area contributed by atoms with E-state index in [0.717, 1.165) is 25.8 Å². The summed E-state index contributed by atoms with van der Waals surface area (Å²) in [5.41, 5.74) is 0.521. The molecule has 1 fully saturated rings. The number of piperidine rings is 1. The van der Waals surface area contributed by atoms with Crippen molar-refractivity contribution in [1.29, 1.82) is 0 Å². The first-order valence-electron chi connectivity index (χ1n) is 6.99. The molecular formula is C14H19N3O4. The van der Waals surface area contributed by atoms with Gasteiger partial charge in [-0.05, 0) is 31.5 Å². The number of nitro benzene ring substituents is 1. The van der Waals surface area contributed by atoms with Crippen LogP contribution in [0.25, 0.3) is 0 Å². The number of non-ortho nitro benzene ring substituents is 1. The molecule has 1 atom stereocenters. The Morgan fingerprint density at radius 2 is 2.10 bits per heavy atom. The molecule has 0 aromatic heterocycles. The Hall–Kier alpha value is -1.99. The molecular weight excluding hydrogens is 274 g/mol. The average Bonchev–Trinajstić information content (AvgIpc) is 2.48. The van der Waals surface area contributed by atoms with Crippen LogP contribution in [0.3, 0.4) is 0 Å². The monoisotopic (exact) mass is 293 g/mol. The summed E-state index contributed by atoms with van der Waals surface area (Å²) in [5, 5.41) is 22.6. The molecule has 1 heterocycles. The summed E-state index contributed by atoms with van der Waals surface area (Å²) >= 11 is 0. The molecule has 1 aromatic rings. The molecule has 1 unspecified atom stereocenters. The number of aliphatic hydroxyl groups excluding tert-OH is 1. The highest BCUT2D eigenvalue weighted by Gasteiger charge is 2.23. The van der Waals surface area contributed by atoms with Gasteiger partial charge in [-0.25, -0.2) is 0 Å². The van der Waals surface area contributed by atoms with E-state index in [1.165, 1.54) is 24.3 Å². The van der Waals surface area contributed by atoms with Crippen LogP contribution in [0.4, 0.5) is 11.4 Å². The second-order valence-corrected chi connectivity index (χ2v) is 5.15. The fourth-order valence-electron chi connectivity index (χ4n) is 2.53. The van der Waals surface area contributed by atoms with Gasteiger partial charge in [0.1, 0.15) is 0 Å². The highest BCUT2D eigenvalue weighted by Crippen LogP contribution is 2.18. The number of benzene rings is 1. The Bertz CT molecular complexity index is 503. The van der Waals surface area contributed by atoms with Gasteiger partial charge < -0.3 is 10.4 Å². The second kappa shape index (κ2) is 7.14. The van der Waals surface area contributed by atoms with Crippen molar-refractivity contribution in [1.82, 2.24) is 4.90 Å². The molecule has 0 aliphatic carbocycles. The summed E-state index contributed by atoms with van der Waals surface area (Å²) < 4.78 is 0. The van der Waals surface area contributed by atoms with Gasteiger partial charge in [-0.15, -0.1) is 0 Å². The average molecular weight is 293 g/mol. The maximum Gasteiger partial charge on any atom is 0.269 e. The lowest BCUT2D eigenvalue weighted by atomic mass is 10.0. The number of rotatable bonds is 5. The molecule has 0 radical (unpaired) electrons. The van der Waals surface area contributed by atoms with Gasteiger partial charge in [0.25, 0.3) is 5.69 Å². The van der Waals surface area contributed by atoms with Crippen LogP contribution in [0.5, 0.6) is 0 Å². The van der Waals surface area contributed by atoms with Crippen molar-refractivity contribution < 1.29 is 14.8 Å². The van der Waals surface area contributed by atoms with Crippen LogP contribution in [0.1, 0.15) is 19.3 Å². The largest absolute Gasteiger partial charge is 0.395 e. The number of aliphatic hydroxyl groups is 1. The van der Waals surface area contributed by atoms with Gasteiger partial charge in [-0.1, -0.05) is 6.42 Å². The van der Waals surface area contributed by atoms with Crippen LogP contribution in [0.2, 0.25) is 0 Å². The SMILES string of the molecule is O=C(CN1CCCCC1CO)Nc1ccc([N+](=O)[O-])cc1. The van der Waals surface area contributed by atoms with E-state index in [9.17, 15) is 20.0 Å². The maximum atomic E-state index is 12.0. The lowest BCUT2D eigenvalue weighted by Crippen LogP contribution is -2.45. The first-order valence-corrected chi connectivity index (χ1v) is 6.99. The minimum atomic E-state index is -0.481. The second-order valence-electron chi connectivity index (χ2n) is 5.15. The molecule has 0 bridgehead atoms. The minimum absolute atomic E-state index is 0.00984. The van der Waals surface area contributed by atoms with E-state index in [0.29, 0.717) is 5.69 Å². The zero-order chi connectivity index (χ0) is 15.2. The van der Waals surface area contributed by atoms with E-state index in [-0.39, 0.29) is 30.8 Å². The predicted molar refractivity (Wildman–Crippen MR) is 78.0 cm³/mol. The van der Waals surface area contributed by atoms with Gasteiger partial charge in [-0.3, -0.25) is 19.8 Å². The Labute approximate surface area is 122 Å². The van der Waals surface area contributed by atoms with E-state index < -0.39 is 4.92 Å². The number of anilines is 1. The molecule has 1 amide bonds. The summed E-state index contributed by atoms with van der Waals surface area (Å²) in [4.78, 5) is 24.0. The van der Waals surface area contributed by atoms with Crippen molar-refractivity contribution >= 4 is 17.3 Å². The molecule has 1 aromatic carbocycles. The number of hydrogen-bond acceptors (Lipinski definition) is 5. The van der Waals surface area contributed by atoms with Gasteiger partial charge in [-0.2, -0.15) is 0 Å². The van der Waals surface area contributed by atoms with Crippen molar-refractivity contribution in [3.05, 3.63) is 34.4 Å². The number of nitrogens with zero attached hydrogens (tertiary/aromatic N) is 2. The van der Waals surface area contributed by atoms with Crippen molar-refractivity contribution in [3.8, 4) is 0 Å². The van der Waals surface area contributed by atoms with E-state index >= 15 is 0 Å². The third-order valence-electron chi connectivity index (χ3n) is 3.67. The van der Waals surface area contributed by atoms with Gasteiger partial charge in [0.05, 0.1) is 18.1 Å². The smallest absolute Gasteiger partial charge is 0.269 e. The number of carbonyl (C=O) groups is 1. The first-order chi connectivity index (χ1) is 10.1. The number of nitrogens with one attached hydrogen (secondary N) is 1. The summed E-state index contributed by atoms with van der Waals surface area (Å²) in [6, 6.07) is 5.77. The van der Waals surface area contributed by atoms with Crippen molar-refractivity contribution in [2.45, 2.75) is 25.3 Å². The molecule has 1 aliphatic heterocycles. The van der Waals surface area contributed by atoms with Crippen LogP contribution in [-0.2, 0) is 4.79 Å². The van der Waals surface area contributed by atoms with Gasteiger partial charge in [0, 0.05) is 23.9 Å². The Balaban J connectivity index is 1.90. The van der Waals surface area contributed by atoms with Crippen LogP contribution >= 0.6 is 0 Å². The number of hydrogen-bond donors (Lipinski definition) is 2. The minimum Gasteiger partial charge on any atom is -0.395 e. The van der Waals surface area contributed by atoms with E-state index in [1.807, 2.05) is 4.90 Å². The lowest BCUT2D eigenvalue weighted by molar-refractivity contribution is -0.384. The zero-order valence-electron chi connectivity index (χ0n) is 11.7. The van der Waals surface area contributed by atoms with Crippen LogP contribution in [0, 0.1) is 10.1 Å². The normalized spacial score (nSPS) is 19.2. The summed E-state index contributed by atoms with van der Waals surface area (Å²) in [5.74, 6) is -0.177. The molecule has 0 saturated carbocycles. The third kappa shape index (κ3) is 4.24. The number of nitro groups is 1. The number of carbonyl (C=O) groups excluding carboxylic acids is 1. The Morgan fingerprint density at radius 1 is 1.38 bits per heavy atom. The van der Waals surface area contributed by atoms with E-state index in [1.54, 1.807) is 0 Å². The maximum absolute atomic E-state index is 12.0. The lowest BCUT2D eigenvalue weighted by Gasteiger charge is -2.33. The van der Waals surface area contributed by atoms with Crippen LogP contribution in [-0.4, -0.2) is 46.6 Å². The van der Waals surface area contributed by atoms with E-state index in [4.69, 9.17) is 0 Å². The van der Waals surface area contributed by atoms with Crippen molar-refractivity contribution in [2.75, 3.05) is 25.0 Å². The topological polar surface area (TPSA) is 95.7 Å². The van der Waals surface area contributed by atoms with Crippen molar-refractivity contribution in [3.63, 3.8) is 0 Å². The number of amides is 1. The standard InChI is InChI=1S/C14H19N3O4/c18-10-13-3-1-2-8-16(13)9-14(19)15-11-4-6-12(7-5-11)17(20)21/h4-7,13,18H,1-3,8-10H2,(H,15,19). The zero-order valence-corrected chi connectivity index (χ0v) is 11.7. The highest BCUT2D eigenvalue weighted by atomic mass is 16.6. The molecule has 0 spiro atoms. The highest BCUT2D eigenvalue weighted by molar-refractivity contribution is 5.92. The summed E-state index contributed by atoms with van der Waals surface area (Å²) in [6.45, 7) is 1.09. The number of likely N-dealkylation sites (tertiary alicyclic amines) is 1. The molecule has 7 heteroatoms. The van der Waals surface area contributed by atoms with E-state index in [2.05, 4.69) is 5.32 Å². The molecule has 7 nitrogen and oxygen atoms in total.